The van der Waals surface area contributed by atoms with Gasteiger partial charge < -0.3 is 19.9 Å². The highest BCUT2D eigenvalue weighted by atomic mass is 32.1. The molecule has 6 heterocycles. The number of pyridine rings is 1. The van der Waals surface area contributed by atoms with Gasteiger partial charge in [0.2, 0.25) is 5.95 Å². The Morgan fingerprint density at radius 1 is 1.00 bits per heavy atom. The van der Waals surface area contributed by atoms with Crippen LogP contribution in [0.3, 0.4) is 0 Å². The second-order valence-corrected chi connectivity index (χ2v) is 9.48. The number of likely N-dealkylation sites (N-methyl/N-ethyl adjacent to an activating group) is 1. The maximum Gasteiger partial charge on any atom is 0.227 e. The average molecular weight is 464 g/mol. The Morgan fingerprint density at radius 2 is 1.88 bits per heavy atom. The molecule has 33 heavy (non-hydrogen) atoms. The summed E-state index contributed by atoms with van der Waals surface area (Å²) in [5.41, 5.74) is 3.94. The lowest BCUT2D eigenvalue weighted by Crippen LogP contribution is -2.45. The van der Waals surface area contributed by atoms with Gasteiger partial charge in [-0.2, -0.15) is 10.1 Å². The Bertz CT molecular complexity index is 1310. The van der Waals surface area contributed by atoms with Gasteiger partial charge in [0, 0.05) is 50.2 Å². The Labute approximate surface area is 195 Å². The van der Waals surface area contributed by atoms with Crippen LogP contribution in [-0.4, -0.2) is 74.4 Å². The number of nitrogens with zero attached hydrogens (tertiary/aromatic N) is 8. The third-order valence-corrected chi connectivity index (χ3v) is 7.06. The van der Waals surface area contributed by atoms with Crippen molar-refractivity contribution in [1.29, 1.82) is 0 Å². The molecule has 4 aromatic heterocycles. The van der Waals surface area contributed by atoms with Gasteiger partial charge in [0.1, 0.15) is 16.6 Å². The number of aromatic nitrogens is 6. The lowest BCUT2D eigenvalue weighted by Gasteiger charge is -2.32. The van der Waals surface area contributed by atoms with E-state index in [1.807, 2.05) is 36.1 Å². The Morgan fingerprint density at radius 3 is 2.76 bits per heavy atom. The van der Waals surface area contributed by atoms with E-state index in [9.17, 15) is 0 Å². The van der Waals surface area contributed by atoms with E-state index in [0.29, 0.717) is 19.0 Å². The number of nitrogens with one attached hydrogen (secondary N) is 1. The monoisotopic (exact) mass is 463 g/mol. The molecular weight excluding hydrogens is 438 g/mol. The number of aryl methyl sites for hydroxylation is 1. The molecule has 0 atom stereocenters. The molecule has 0 spiro atoms. The van der Waals surface area contributed by atoms with Gasteiger partial charge in [-0.05, 0) is 14.0 Å². The first-order valence-electron chi connectivity index (χ1n) is 11.1. The molecule has 0 bridgehead atoms. The second kappa shape index (κ2) is 8.32. The number of thiazole rings is 1. The summed E-state index contributed by atoms with van der Waals surface area (Å²) >= 11 is 1.62. The molecule has 1 fully saturated rings. The molecule has 0 aliphatic carbocycles. The minimum absolute atomic E-state index is 0.568. The van der Waals surface area contributed by atoms with E-state index in [1.165, 1.54) is 0 Å². The molecule has 0 radical (unpaired) electrons. The fourth-order valence-electron chi connectivity index (χ4n) is 4.17. The molecule has 6 rings (SSSR count). The minimum Gasteiger partial charge on any atom is -0.373 e. The van der Waals surface area contributed by atoms with E-state index in [1.54, 1.807) is 11.3 Å². The van der Waals surface area contributed by atoms with E-state index < -0.39 is 0 Å². The smallest absolute Gasteiger partial charge is 0.227 e. The van der Waals surface area contributed by atoms with Gasteiger partial charge in [0.05, 0.1) is 47.4 Å². The normalized spacial score (nSPS) is 16.8. The zero-order chi connectivity index (χ0) is 22.4. The highest BCUT2D eigenvalue weighted by molar-refractivity contribution is 7.21. The Kier molecular flexibility index (Phi) is 5.16. The number of rotatable bonds is 4. The maximum atomic E-state index is 5.62. The van der Waals surface area contributed by atoms with E-state index in [2.05, 4.69) is 37.2 Å². The van der Waals surface area contributed by atoms with Crippen molar-refractivity contribution in [2.75, 3.05) is 50.1 Å². The van der Waals surface area contributed by atoms with Gasteiger partial charge in [-0.15, -0.1) is 11.3 Å². The van der Waals surface area contributed by atoms with Gasteiger partial charge >= 0.3 is 0 Å². The second-order valence-electron chi connectivity index (χ2n) is 8.45. The van der Waals surface area contributed by atoms with Crippen molar-refractivity contribution in [3.63, 3.8) is 0 Å². The highest BCUT2D eigenvalue weighted by Crippen LogP contribution is 2.34. The van der Waals surface area contributed by atoms with Crippen LogP contribution in [0.1, 0.15) is 11.4 Å². The predicted octanol–water partition coefficient (Wildman–Crippen LogP) is 2.68. The lowest BCUT2D eigenvalue weighted by atomic mass is 10.2. The number of fused-ring (bicyclic) bond motifs is 2. The van der Waals surface area contributed by atoms with E-state index in [-0.39, 0.29) is 0 Å². The predicted molar refractivity (Wildman–Crippen MR) is 128 cm³/mol. The molecular formula is C22H25N9OS. The molecule has 10 nitrogen and oxygen atoms in total. The molecule has 4 aromatic rings. The Hall–Kier alpha value is -3.15. The van der Waals surface area contributed by atoms with Crippen molar-refractivity contribution in [2.45, 2.75) is 20.1 Å². The summed E-state index contributed by atoms with van der Waals surface area (Å²) < 4.78 is 8.66. The SMILES string of the molecule is Cc1cc(Nc2cc3nc(-c4cnn5c4COCC5)sc3cn2)nc(N2CCN(C)CC2)n1. The fraction of sp³-hybridized carbons (Fsp3) is 0.409. The van der Waals surface area contributed by atoms with E-state index in [0.717, 1.165) is 76.7 Å². The average Bonchev–Trinajstić information content (AvgIpc) is 3.43. The van der Waals surface area contributed by atoms with Crippen molar-refractivity contribution in [2.24, 2.45) is 0 Å². The third-order valence-electron chi connectivity index (χ3n) is 6.03. The van der Waals surface area contributed by atoms with Crippen LogP contribution in [0.25, 0.3) is 20.8 Å². The first kappa shape index (κ1) is 20.5. The summed E-state index contributed by atoms with van der Waals surface area (Å²) in [6.07, 6.45) is 3.75. The standard InChI is InChI=1S/C22H25N9OS/c1-14-9-20(28-22(25-14)30-5-3-29(2)4-6-30)27-19-10-16-18(12-23-19)33-21(26-16)15-11-24-31-7-8-32-13-17(15)31/h9-12H,3-8,13H2,1-2H3,(H,23,25,27,28). The zero-order valence-corrected chi connectivity index (χ0v) is 19.5. The Balaban J connectivity index is 1.26. The molecule has 11 heteroatoms. The van der Waals surface area contributed by atoms with Gasteiger partial charge in [0.25, 0.3) is 0 Å². The topological polar surface area (TPSA) is 97.1 Å². The number of hydrogen-bond acceptors (Lipinski definition) is 10. The van der Waals surface area contributed by atoms with Crippen LogP contribution >= 0.6 is 11.3 Å². The molecule has 0 unspecified atom stereocenters. The molecule has 0 aromatic carbocycles. The van der Waals surface area contributed by atoms with Crippen LogP contribution in [0, 0.1) is 6.92 Å². The quantitative estimate of drug-likeness (QED) is 0.490. The van der Waals surface area contributed by atoms with Crippen LogP contribution < -0.4 is 10.2 Å². The summed E-state index contributed by atoms with van der Waals surface area (Å²) in [4.78, 5) is 23.4. The lowest BCUT2D eigenvalue weighted by molar-refractivity contribution is 0.0804. The van der Waals surface area contributed by atoms with Crippen LogP contribution in [-0.2, 0) is 17.9 Å². The largest absolute Gasteiger partial charge is 0.373 e. The van der Waals surface area contributed by atoms with Gasteiger partial charge in [-0.25, -0.2) is 15.0 Å². The number of hydrogen-bond donors (Lipinski definition) is 1. The van der Waals surface area contributed by atoms with Crippen molar-refractivity contribution < 1.29 is 4.74 Å². The number of ether oxygens (including phenoxy) is 1. The van der Waals surface area contributed by atoms with Crippen LogP contribution in [0.4, 0.5) is 17.6 Å². The first-order chi connectivity index (χ1) is 16.1. The van der Waals surface area contributed by atoms with Crippen LogP contribution in [0.5, 0.6) is 0 Å². The first-order valence-corrected chi connectivity index (χ1v) is 11.9. The number of piperazine rings is 1. The van der Waals surface area contributed by atoms with Gasteiger partial charge in [0.15, 0.2) is 0 Å². The molecule has 2 aliphatic rings. The molecule has 170 valence electrons. The molecule has 1 saturated heterocycles. The van der Waals surface area contributed by atoms with Gasteiger partial charge in [-0.3, -0.25) is 4.68 Å². The maximum absolute atomic E-state index is 5.62. The molecule has 0 amide bonds. The summed E-state index contributed by atoms with van der Waals surface area (Å²) in [6, 6.07) is 3.91. The van der Waals surface area contributed by atoms with Crippen molar-refractivity contribution in [1.82, 2.24) is 34.6 Å². The van der Waals surface area contributed by atoms with Crippen molar-refractivity contribution in [3.05, 3.63) is 35.9 Å². The summed E-state index contributed by atoms with van der Waals surface area (Å²) in [5.74, 6) is 2.21. The summed E-state index contributed by atoms with van der Waals surface area (Å²) in [6.45, 7) is 7.92. The highest BCUT2D eigenvalue weighted by Gasteiger charge is 2.20. The number of anilines is 3. The summed E-state index contributed by atoms with van der Waals surface area (Å²) in [5, 5.41) is 8.77. The van der Waals surface area contributed by atoms with Crippen molar-refractivity contribution in [3.8, 4) is 10.6 Å². The molecule has 2 aliphatic heterocycles. The van der Waals surface area contributed by atoms with Crippen LogP contribution in [0.2, 0.25) is 0 Å². The molecule has 1 N–H and O–H groups in total. The van der Waals surface area contributed by atoms with Gasteiger partial charge in [-0.1, -0.05) is 0 Å². The zero-order valence-electron chi connectivity index (χ0n) is 18.7. The van der Waals surface area contributed by atoms with E-state index >= 15 is 0 Å². The van der Waals surface area contributed by atoms with E-state index in [4.69, 9.17) is 14.7 Å². The third kappa shape index (κ3) is 4.03. The fourth-order valence-corrected chi connectivity index (χ4v) is 5.12. The summed E-state index contributed by atoms with van der Waals surface area (Å²) in [7, 11) is 2.14. The van der Waals surface area contributed by atoms with Crippen LogP contribution in [0.15, 0.2) is 24.5 Å². The molecule has 0 saturated carbocycles. The minimum atomic E-state index is 0.568. The van der Waals surface area contributed by atoms with Crippen molar-refractivity contribution >= 4 is 39.1 Å².